The van der Waals surface area contributed by atoms with E-state index >= 15 is 0 Å². The molecule has 1 aliphatic heterocycles. The first-order chi connectivity index (χ1) is 11.5. The maximum Gasteiger partial charge on any atom is 0.237 e. The van der Waals surface area contributed by atoms with E-state index in [0.29, 0.717) is 17.9 Å². The van der Waals surface area contributed by atoms with Crippen molar-refractivity contribution in [2.45, 2.75) is 44.8 Å². The molecule has 2 rings (SSSR count). The molecular weight excluding hydrogens is 375 g/mol. The maximum absolute atomic E-state index is 12.2. The molecule has 1 saturated heterocycles. The van der Waals surface area contributed by atoms with Gasteiger partial charge in [0, 0.05) is 24.8 Å². The highest BCUT2D eigenvalue weighted by Gasteiger charge is 2.28. The van der Waals surface area contributed by atoms with E-state index in [2.05, 4.69) is 21.7 Å². The predicted octanol–water partition coefficient (Wildman–Crippen LogP) is 2.09. The van der Waals surface area contributed by atoms with E-state index < -0.39 is 0 Å². The van der Waals surface area contributed by atoms with Crippen molar-refractivity contribution in [2.75, 3.05) is 18.4 Å². The van der Waals surface area contributed by atoms with E-state index in [1.54, 1.807) is 17.0 Å². The number of carbonyl (C=O) groups is 1. The van der Waals surface area contributed by atoms with Gasteiger partial charge in [-0.25, -0.2) is 4.98 Å². The van der Waals surface area contributed by atoms with Gasteiger partial charge in [-0.1, -0.05) is 0 Å². The number of hydrogen-bond donors (Lipinski definition) is 2. The van der Waals surface area contributed by atoms with Crippen molar-refractivity contribution >= 4 is 36.5 Å². The van der Waals surface area contributed by atoms with Crippen LogP contribution in [0.2, 0.25) is 0 Å². The lowest BCUT2D eigenvalue weighted by atomic mass is 10.1. The third-order valence-electron chi connectivity index (χ3n) is 4.32. The molecule has 0 aromatic carbocycles. The molecule has 1 aromatic heterocycles. The summed E-state index contributed by atoms with van der Waals surface area (Å²) in [6.45, 7) is 4.86. The molecule has 1 unspecified atom stereocenters. The van der Waals surface area contributed by atoms with Gasteiger partial charge in [0.25, 0.3) is 0 Å². The fourth-order valence-electron chi connectivity index (χ4n) is 2.63. The Labute approximate surface area is 166 Å². The highest BCUT2D eigenvalue weighted by atomic mass is 35.5. The minimum atomic E-state index is -0.284. The van der Waals surface area contributed by atoms with E-state index in [9.17, 15) is 4.79 Å². The molecule has 1 fully saturated rings. The maximum atomic E-state index is 12.2. The van der Waals surface area contributed by atoms with Gasteiger partial charge in [0.1, 0.15) is 17.9 Å². The molecule has 26 heavy (non-hydrogen) atoms. The van der Waals surface area contributed by atoms with Crippen LogP contribution in [0.4, 0.5) is 5.82 Å². The van der Waals surface area contributed by atoms with Crippen molar-refractivity contribution in [3.8, 4) is 12.1 Å². The summed E-state index contributed by atoms with van der Waals surface area (Å²) in [4.78, 5) is 18.1. The number of amides is 1. The van der Waals surface area contributed by atoms with Crippen molar-refractivity contribution in [1.82, 2.24) is 15.2 Å². The Morgan fingerprint density at radius 2 is 2.08 bits per heavy atom. The zero-order valence-corrected chi connectivity index (χ0v) is 16.4. The van der Waals surface area contributed by atoms with Crippen molar-refractivity contribution in [3.63, 3.8) is 0 Å². The first-order valence-corrected chi connectivity index (χ1v) is 8.10. The second kappa shape index (κ2) is 11.5. The Morgan fingerprint density at radius 3 is 2.65 bits per heavy atom. The minimum absolute atomic E-state index is 0. The summed E-state index contributed by atoms with van der Waals surface area (Å²) >= 11 is 0. The Morgan fingerprint density at radius 1 is 1.35 bits per heavy atom. The number of nitrogens with zero attached hydrogens (tertiary/aromatic N) is 4. The average Bonchev–Trinajstić information content (AvgIpc) is 3.08. The van der Waals surface area contributed by atoms with Gasteiger partial charge in [0.15, 0.2) is 0 Å². The number of hydrogen-bond acceptors (Lipinski definition) is 6. The van der Waals surface area contributed by atoms with E-state index in [-0.39, 0.29) is 55.4 Å². The Bertz CT molecular complexity index is 655. The smallest absolute Gasteiger partial charge is 0.237 e. The molecular formula is C17H24Cl2N6O. The highest BCUT2D eigenvalue weighted by Crippen LogP contribution is 2.16. The van der Waals surface area contributed by atoms with Gasteiger partial charge < -0.3 is 15.5 Å². The molecule has 0 bridgehead atoms. The number of halogens is 2. The van der Waals surface area contributed by atoms with E-state index in [1.807, 2.05) is 19.9 Å². The van der Waals surface area contributed by atoms with Crippen LogP contribution in [0, 0.1) is 22.7 Å². The number of nitrogens with one attached hydrogen (secondary N) is 2. The van der Waals surface area contributed by atoms with Crippen LogP contribution in [0.1, 0.15) is 32.3 Å². The normalized spacial score (nSPS) is 17.7. The van der Waals surface area contributed by atoms with Crippen LogP contribution in [0.15, 0.2) is 18.3 Å². The number of rotatable bonds is 6. The summed E-state index contributed by atoms with van der Waals surface area (Å²) in [5.41, 5.74) is 0.516. The molecule has 9 heteroatoms. The minimum Gasteiger partial charge on any atom is -0.366 e. The van der Waals surface area contributed by atoms with Crippen LogP contribution in [0.3, 0.4) is 0 Å². The first kappa shape index (κ1) is 23.9. The van der Waals surface area contributed by atoms with Crippen LogP contribution < -0.4 is 10.6 Å². The summed E-state index contributed by atoms with van der Waals surface area (Å²) in [5.74, 6) is 0.653. The fraction of sp³-hybridized carbons (Fsp3) is 0.529. The highest BCUT2D eigenvalue weighted by molar-refractivity contribution is 5.85. The van der Waals surface area contributed by atoms with Gasteiger partial charge in [-0.15, -0.1) is 24.8 Å². The SMILES string of the molecule is C[C@H](NCC(=O)N1CCCC1C#N)[C@H](C)Nc1ccc(C#N)cn1.Cl.Cl. The molecule has 0 aliphatic carbocycles. The molecule has 1 aromatic rings. The van der Waals surface area contributed by atoms with Gasteiger partial charge in [-0.2, -0.15) is 10.5 Å². The van der Waals surface area contributed by atoms with Gasteiger partial charge in [0.2, 0.25) is 5.91 Å². The number of aromatic nitrogens is 1. The third-order valence-corrected chi connectivity index (χ3v) is 4.32. The Kier molecular flexibility index (Phi) is 10.6. The van der Waals surface area contributed by atoms with E-state index in [0.717, 1.165) is 12.8 Å². The zero-order valence-electron chi connectivity index (χ0n) is 14.8. The molecule has 3 atom stereocenters. The van der Waals surface area contributed by atoms with Crippen molar-refractivity contribution in [3.05, 3.63) is 23.9 Å². The molecule has 2 N–H and O–H groups in total. The summed E-state index contributed by atoms with van der Waals surface area (Å²) in [6.07, 6.45) is 3.17. The quantitative estimate of drug-likeness (QED) is 0.759. The second-order valence-corrected chi connectivity index (χ2v) is 6.02. The second-order valence-electron chi connectivity index (χ2n) is 6.02. The fourth-order valence-corrected chi connectivity index (χ4v) is 2.63. The van der Waals surface area contributed by atoms with Gasteiger partial charge in [0.05, 0.1) is 18.2 Å². The lowest BCUT2D eigenvalue weighted by Crippen LogP contribution is -2.47. The molecule has 142 valence electrons. The molecule has 7 nitrogen and oxygen atoms in total. The van der Waals surface area contributed by atoms with E-state index in [1.165, 1.54) is 6.20 Å². The molecule has 2 heterocycles. The summed E-state index contributed by atoms with van der Waals surface area (Å²) < 4.78 is 0. The van der Waals surface area contributed by atoms with Gasteiger partial charge in [-0.05, 0) is 38.8 Å². The Hall–Kier alpha value is -2.06. The van der Waals surface area contributed by atoms with Gasteiger partial charge in [-0.3, -0.25) is 4.79 Å². The van der Waals surface area contributed by atoms with E-state index in [4.69, 9.17) is 10.5 Å². The zero-order chi connectivity index (χ0) is 17.5. The average molecular weight is 399 g/mol. The van der Waals surface area contributed by atoms with Crippen LogP contribution in [-0.2, 0) is 4.79 Å². The molecule has 1 amide bonds. The molecule has 0 spiro atoms. The molecule has 0 saturated carbocycles. The number of likely N-dealkylation sites (tertiary alicyclic amines) is 1. The Balaban J connectivity index is 0.00000312. The van der Waals surface area contributed by atoms with Gasteiger partial charge >= 0.3 is 0 Å². The monoisotopic (exact) mass is 398 g/mol. The topological polar surface area (TPSA) is 105 Å². The van der Waals surface area contributed by atoms with Crippen LogP contribution in [0.5, 0.6) is 0 Å². The number of nitriles is 2. The largest absolute Gasteiger partial charge is 0.366 e. The molecule has 0 radical (unpaired) electrons. The summed E-state index contributed by atoms with van der Waals surface area (Å²) in [7, 11) is 0. The van der Waals surface area contributed by atoms with Crippen LogP contribution in [0.25, 0.3) is 0 Å². The predicted molar refractivity (Wildman–Crippen MR) is 104 cm³/mol. The van der Waals surface area contributed by atoms with Crippen molar-refractivity contribution < 1.29 is 4.79 Å². The lowest BCUT2D eigenvalue weighted by molar-refractivity contribution is -0.130. The first-order valence-electron chi connectivity index (χ1n) is 8.10. The summed E-state index contributed by atoms with van der Waals surface area (Å²) in [6, 6.07) is 7.47. The van der Waals surface area contributed by atoms with Crippen LogP contribution >= 0.6 is 24.8 Å². The van der Waals surface area contributed by atoms with Crippen molar-refractivity contribution in [1.29, 1.82) is 10.5 Å². The number of pyridine rings is 1. The summed E-state index contributed by atoms with van der Waals surface area (Å²) in [5, 5.41) is 24.3. The number of carbonyl (C=O) groups excluding carboxylic acids is 1. The lowest BCUT2D eigenvalue weighted by Gasteiger charge is -2.25. The molecule has 1 aliphatic rings. The van der Waals surface area contributed by atoms with Crippen LogP contribution in [-0.4, -0.2) is 47.0 Å². The third kappa shape index (κ3) is 6.34. The van der Waals surface area contributed by atoms with Crippen molar-refractivity contribution in [2.24, 2.45) is 0 Å². The standard InChI is InChI=1S/C17H22N6O.2ClH/c1-12(13(2)22-16-6-5-14(8-18)10-21-16)20-11-17(24)23-7-3-4-15(23)9-19;;/h5-6,10,12-13,15,20H,3-4,7,11H2,1-2H3,(H,21,22);2*1H/t12-,13-,15?;;/m0../s1. The number of anilines is 1.